The van der Waals surface area contributed by atoms with Gasteiger partial charge in [0.2, 0.25) is 5.91 Å². The molecule has 1 unspecified atom stereocenters. The zero-order valence-electron chi connectivity index (χ0n) is 18.1. The second kappa shape index (κ2) is 10.1. The normalized spacial score (nSPS) is 15.8. The molecule has 1 aliphatic rings. The van der Waals surface area contributed by atoms with Gasteiger partial charge in [0.05, 0.1) is 17.6 Å². The van der Waals surface area contributed by atoms with Crippen molar-refractivity contribution in [3.63, 3.8) is 0 Å². The average Bonchev–Trinajstić information content (AvgIpc) is 2.82. The van der Waals surface area contributed by atoms with Crippen molar-refractivity contribution in [1.29, 1.82) is 0 Å². The summed E-state index contributed by atoms with van der Waals surface area (Å²) in [6.45, 7) is 3.37. The van der Waals surface area contributed by atoms with E-state index in [0.29, 0.717) is 30.5 Å². The van der Waals surface area contributed by atoms with Gasteiger partial charge in [0.1, 0.15) is 30.1 Å². The number of pyridine rings is 1. The highest BCUT2D eigenvalue weighted by Crippen LogP contribution is 2.25. The number of amides is 1. The van der Waals surface area contributed by atoms with Crippen LogP contribution in [0.1, 0.15) is 12.5 Å². The number of nitro groups is 1. The number of ether oxygens (including phenoxy) is 2. The molecule has 33 heavy (non-hydrogen) atoms. The van der Waals surface area contributed by atoms with E-state index in [4.69, 9.17) is 9.47 Å². The zero-order chi connectivity index (χ0) is 23.2. The first-order chi connectivity index (χ1) is 16.0. The first-order valence-electron chi connectivity index (χ1n) is 10.6. The van der Waals surface area contributed by atoms with Gasteiger partial charge in [-0.15, -0.1) is 0 Å². The molecule has 0 spiro atoms. The molecule has 3 aromatic rings. The summed E-state index contributed by atoms with van der Waals surface area (Å²) in [7, 11) is 0. The van der Waals surface area contributed by atoms with Crippen LogP contribution in [-0.4, -0.2) is 46.5 Å². The van der Waals surface area contributed by atoms with Gasteiger partial charge in [-0.05, 0) is 61.4 Å². The number of morpholine rings is 1. The molecule has 1 N–H and O–H groups in total. The summed E-state index contributed by atoms with van der Waals surface area (Å²) in [6.07, 6.45) is 1.94. The molecule has 170 valence electrons. The van der Waals surface area contributed by atoms with E-state index in [1.165, 1.54) is 12.3 Å². The van der Waals surface area contributed by atoms with Crippen LogP contribution in [0.4, 0.5) is 17.2 Å². The predicted molar refractivity (Wildman–Crippen MR) is 123 cm³/mol. The van der Waals surface area contributed by atoms with E-state index in [1.54, 1.807) is 6.07 Å². The third-order valence-electron chi connectivity index (χ3n) is 5.35. The van der Waals surface area contributed by atoms with E-state index in [0.717, 1.165) is 17.7 Å². The molecular formula is C24H24N4O5. The predicted octanol–water partition coefficient (Wildman–Crippen LogP) is 4.32. The maximum Gasteiger partial charge on any atom is 0.287 e. The van der Waals surface area contributed by atoms with E-state index in [1.807, 2.05) is 60.4 Å². The van der Waals surface area contributed by atoms with E-state index >= 15 is 0 Å². The zero-order valence-corrected chi connectivity index (χ0v) is 18.1. The van der Waals surface area contributed by atoms with Gasteiger partial charge < -0.3 is 19.7 Å². The summed E-state index contributed by atoms with van der Waals surface area (Å²) in [5.74, 6) is 1.93. The summed E-state index contributed by atoms with van der Waals surface area (Å²) in [5.41, 5.74) is 1.83. The molecule has 0 bridgehead atoms. The number of hydrogen-bond acceptors (Lipinski definition) is 7. The minimum atomic E-state index is -0.485. The Morgan fingerprint density at radius 1 is 1.12 bits per heavy atom. The lowest BCUT2D eigenvalue weighted by atomic mass is 10.0. The number of carbonyl (C=O) groups excluding carboxylic acids is 1. The molecule has 9 nitrogen and oxygen atoms in total. The fourth-order valence-electron chi connectivity index (χ4n) is 3.69. The molecule has 1 saturated heterocycles. The Balaban J connectivity index is 1.33. The quantitative estimate of drug-likeness (QED) is 0.404. The first kappa shape index (κ1) is 22.2. The van der Waals surface area contributed by atoms with Gasteiger partial charge in [-0.3, -0.25) is 14.9 Å². The van der Waals surface area contributed by atoms with Gasteiger partial charge in [0, 0.05) is 18.3 Å². The van der Waals surface area contributed by atoms with Crippen LogP contribution in [0.2, 0.25) is 0 Å². The highest BCUT2D eigenvalue weighted by Gasteiger charge is 2.27. The van der Waals surface area contributed by atoms with Gasteiger partial charge in [0.15, 0.2) is 0 Å². The van der Waals surface area contributed by atoms with Crippen molar-refractivity contribution in [2.45, 2.75) is 19.4 Å². The number of rotatable bonds is 8. The average molecular weight is 448 g/mol. The number of benzene rings is 2. The van der Waals surface area contributed by atoms with E-state index in [9.17, 15) is 14.9 Å². The van der Waals surface area contributed by atoms with Crippen LogP contribution in [0.15, 0.2) is 66.9 Å². The molecule has 1 amide bonds. The monoisotopic (exact) mass is 448 g/mol. The Morgan fingerprint density at radius 2 is 1.82 bits per heavy atom. The van der Waals surface area contributed by atoms with Gasteiger partial charge in [0.25, 0.3) is 5.69 Å². The lowest BCUT2D eigenvalue weighted by molar-refractivity contribution is -0.385. The number of aromatic nitrogens is 1. The molecule has 4 rings (SSSR count). The van der Waals surface area contributed by atoms with Crippen LogP contribution in [0, 0.1) is 10.1 Å². The molecule has 1 aromatic heterocycles. The SMILES string of the molecule is CCN1C(=O)COCC1Cc1ccc(Oc2ccc(Nc3ccc([N+](=O)[O-])cn3)cc2)cc1. The topological polar surface area (TPSA) is 107 Å². The number of anilines is 2. The van der Waals surface area contributed by atoms with Gasteiger partial charge in [-0.2, -0.15) is 0 Å². The van der Waals surface area contributed by atoms with Crippen molar-refractivity contribution in [3.05, 3.63) is 82.5 Å². The third kappa shape index (κ3) is 5.64. The summed E-state index contributed by atoms with van der Waals surface area (Å²) < 4.78 is 11.3. The highest BCUT2D eigenvalue weighted by atomic mass is 16.6. The van der Waals surface area contributed by atoms with E-state index in [2.05, 4.69) is 10.3 Å². The summed E-state index contributed by atoms with van der Waals surface area (Å²) in [5, 5.41) is 13.8. The minimum Gasteiger partial charge on any atom is -0.457 e. The molecule has 2 aromatic carbocycles. The number of nitrogens with zero attached hydrogens (tertiary/aromatic N) is 3. The van der Waals surface area contributed by atoms with Crippen LogP contribution in [0.3, 0.4) is 0 Å². The minimum absolute atomic E-state index is 0.0380. The Bertz CT molecular complexity index is 1100. The molecule has 0 aliphatic carbocycles. The largest absolute Gasteiger partial charge is 0.457 e. The molecule has 1 fully saturated rings. The first-order valence-corrected chi connectivity index (χ1v) is 10.6. The second-order valence-electron chi connectivity index (χ2n) is 7.61. The Labute approximate surface area is 191 Å². The van der Waals surface area contributed by atoms with Crippen LogP contribution in [-0.2, 0) is 16.0 Å². The number of carbonyl (C=O) groups is 1. The summed E-state index contributed by atoms with van der Waals surface area (Å²) in [6, 6.07) is 18.1. The molecule has 2 heterocycles. The fraction of sp³-hybridized carbons (Fsp3) is 0.250. The van der Waals surface area contributed by atoms with Crippen molar-refractivity contribution < 1.29 is 19.2 Å². The van der Waals surface area contributed by atoms with Gasteiger partial charge in [-0.25, -0.2) is 4.98 Å². The van der Waals surface area contributed by atoms with Crippen molar-refractivity contribution >= 4 is 23.1 Å². The standard InChI is InChI=1S/C24H24N4O5/c1-2-27-20(15-32-16-24(27)29)13-17-3-8-21(9-4-17)33-22-10-5-18(6-11-22)26-23-12-7-19(14-25-23)28(30)31/h3-12,14,20H,2,13,15-16H2,1H3,(H,25,26). The molecule has 1 atom stereocenters. The summed E-state index contributed by atoms with van der Waals surface area (Å²) in [4.78, 5) is 28.1. The molecule has 1 aliphatic heterocycles. The second-order valence-corrected chi connectivity index (χ2v) is 7.61. The summed E-state index contributed by atoms with van der Waals surface area (Å²) >= 11 is 0. The van der Waals surface area contributed by atoms with Gasteiger partial charge >= 0.3 is 0 Å². The molecule has 0 saturated carbocycles. The Kier molecular flexibility index (Phi) is 6.80. The fourth-order valence-corrected chi connectivity index (χ4v) is 3.69. The molecular weight excluding hydrogens is 424 g/mol. The maximum absolute atomic E-state index is 12.0. The van der Waals surface area contributed by atoms with Gasteiger partial charge in [-0.1, -0.05) is 12.1 Å². The Morgan fingerprint density at radius 3 is 2.42 bits per heavy atom. The number of hydrogen-bond donors (Lipinski definition) is 1. The molecule has 0 radical (unpaired) electrons. The van der Waals surface area contributed by atoms with Crippen molar-refractivity contribution in [2.75, 3.05) is 25.1 Å². The van der Waals surface area contributed by atoms with Crippen LogP contribution < -0.4 is 10.1 Å². The van der Waals surface area contributed by atoms with Crippen LogP contribution >= 0.6 is 0 Å². The maximum atomic E-state index is 12.0. The number of nitrogens with one attached hydrogen (secondary N) is 1. The third-order valence-corrected chi connectivity index (χ3v) is 5.35. The highest BCUT2D eigenvalue weighted by molar-refractivity contribution is 5.78. The lowest BCUT2D eigenvalue weighted by Crippen LogP contribution is -2.50. The van der Waals surface area contributed by atoms with Crippen LogP contribution in [0.5, 0.6) is 11.5 Å². The van der Waals surface area contributed by atoms with E-state index < -0.39 is 4.92 Å². The molecule has 9 heteroatoms. The van der Waals surface area contributed by atoms with Crippen molar-refractivity contribution in [3.8, 4) is 11.5 Å². The van der Waals surface area contributed by atoms with Crippen LogP contribution in [0.25, 0.3) is 0 Å². The Hall–Kier alpha value is -3.98. The van der Waals surface area contributed by atoms with Crippen molar-refractivity contribution in [2.24, 2.45) is 0 Å². The number of likely N-dealkylation sites (N-methyl/N-ethyl adjacent to an activating group) is 1. The lowest BCUT2D eigenvalue weighted by Gasteiger charge is -2.34. The van der Waals surface area contributed by atoms with Crippen molar-refractivity contribution in [1.82, 2.24) is 9.88 Å². The van der Waals surface area contributed by atoms with E-state index in [-0.39, 0.29) is 24.2 Å². The smallest absolute Gasteiger partial charge is 0.287 e.